The summed E-state index contributed by atoms with van der Waals surface area (Å²) in [7, 11) is -1.55. The molecule has 88 valence electrons. The van der Waals surface area contributed by atoms with Crippen LogP contribution in [0, 0.1) is 5.41 Å². The Hall–Kier alpha value is -1.07. The van der Waals surface area contributed by atoms with Crippen molar-refractivity contribution in [3.8, 4) is 5.88 Å². The van der Waals surface area contributed by atoms with E-state index in [0.29, 0.717) is 12.5 Å². The maximum absolute atomic E-state index is 8.94. The highest BCUT2D eigenvalue weighted by Crippen LogP contribution is 2.18. The number of rotatable bonds is 4. The van der Waals surface area contributed by atoms with E-state index in [2.05, 4.69) is 25.8 Å². The fourth-order valence-corrected chi connectivity index (χ4v) is 1.12. The summed E-state index contributed by atoms with van der Waals surface area (Å²) in [4.78, 5) is 3.97. The van der Waals surface area contributed by atoms with Crippen LogP contribution in [-0.2, 0) is 0 Å². The van der Waals surface area contributed by atoms with Crippen molar-refractivity contribution in [1.82, 2.24) is 4.98 Å². The number of ether oxygens (including phenoxy) is 1. The van der Waals surface area contributed by atoms with Crippen LogP contribution < -0.4 is 10.3 Å². The summed E-state index contributed by atoms with van der Waals surface area (Å²) in [5.41, 5.74) is 0.418. The first-order chi connectivity index (χ1) is 7.38. The van der Waals surface area contributed by atoms with Crippen molar-refractivity contribution >= 4 is 12.7 Å². The smallest absolute Gasteiger partial charge is 0.478 e. The number of nitrogens with zero attached hydrogens (tertiary/aromatic N) is 1. The molecule has 5 heteroatoms. The van der Waals surface area contributed by atoms with Crippen LogP contribution in [0.15, 0.2) is 18.2 Å². The van der Waals surface area contributed by atoms with Gasteiger partial charge in [0.25, 0.3) is 0 Å². The predicted molar refractivity (Wildman–Crippen MR) is 63.6 cm³/mol. The van der Waals surface area contributed by atoms with Crippen LogP contribution in [0.1, 0.15) is 27.2 Å². The largest absolute Gasteiger partial charge is 0.508 e. The van der Waals surface area contributed by atoms with Crippen LogP contribution in [0.4, 0.5) is 0 Å². The molecule has 2 N–H and O–H groups in total. The molecule has 0 aliphatic carbocycles. The lowest BCUT2D eigenvalue weighted by Gasteiger charge is -2.17. The molecule has 1 aromatic rings. The van der Waals surface area contributed by atoms with Crippen molar-refractivity contribution in [2.45, 2.75) is 27.2 Å². The van der Waals surface area contributed by atoms with E-state index in [1.54, 1.807) is 18.2 Å². The second kappa shape index (κ2) is 5.32. The molecule has 0 atom stereocenters. The van der Waals surface area contributed by atoms with Crippen LogP contribution in [0.25, 0.3) is 0 Å². The van der Waals surface area contributed by atoms with Gasteiger partial charge in [0, 0.05) is 6.07 Å². The van der Waals surface area contributed by atoms with E-state index in [1.807, 2.05) is 0 Å². The minimum absolute atomic E-state index is 0.202. The highest BCUT2D eigenvalue weighted by atomic mass is 16.5. The molecule has 0 spiro atoms. The molecule has 0 bridgehead atoms. The van der Waals surface area contributed by atoms with Crippen LogP contribution in [-0.4, -0.2) is 28.8 Å². The highest BCUT2D eigenvalue weighted by molar-refractivity contribution is 6.57. The third-order valence-electron chi connectivity index (χ3n) is 2.11. The molecule has 0 radical (unpaired) electrons. The SMILES string of the molecule is CC(C)(C)CCOc1cccc(B(O)O)n1. The van der Waals surface area contributed by atoms with E-state index < -0.39 is 7.12 Å². The Labute approximate surface area is 96.4 Å². The van der Waals surface area contributed by atoms with Crippen molar-refractivity contribution in [2.75, 3.05) is 6.61 Å². The molecular formula is C11H18BNO3. The van der Waals surface area contributed by atoms with E-state index in [1.165, 1.54) is 0 Å². The lowest BCUT2D eigenvalue weighted by atomic mass is 9.86. The van der Waals surface area contributed by atoms with E-state index in [9.17, 15) is 0 Å². The molecule has 0 aromatic carbocycles. The quantitative estimate of drug-likeness (QED) is 0.732. The molecule has 0 aliphatic rings. The third kappa shape index (κ3) is 4.64. The minimum atomic E-state index is -1.55. The van der Waals surface area contributed by atoms with E-state index in [-0.39, 0.29) is 11.0 Å². The molecule has 0 fully saturated rings. The number of hydrogen-bond acceptors (Lipinski definition) is 4. The number of pyridine rings is 1. The maximum atomic E-state index is 8.94. The molecule has 0 saturated heterocycles. The summed E-state index contributed by atoms with van der Waals surface area (Å²) >= 11 is 0. The molecule has 1 heterocycles. The van der Waals surface area contributed by atoms with Crippen molar-refractivity contribution in [3.63, 3.8) is 0 Å². The van der Waals surface area contributed by atoms with Gasteiger partial charge in [-0.3, -0.25) is 0 Å². The lowest BCUT2D eigenvalue weighted by Crippen LogP contribution is -2.32. The zero-order valence-corrected chi connectivity index (χ0v) is 9.97. The van der Waals surface area contributed by atoms with Gasteiger partial charge in [0.15, 0.2) is 0 Å². The van der Waals surface area contributed by atoms with Gasteiger partial charge in [-0.25, -0.2) is 4.98 Å². The fraction of sp³-hybridized carbons (Fsp3) is 0.545. The first-order valence-corrected chi connectivity index (χ1v) is 5.34. The van der Waals surface area contributed by atoms with Crippen molar-refractivity contribution in [3.05, 3.63) is 18.2 Å². The molecule has 4 nitrogen and oxygen atoms in total. The molecule has 1 aromatic heterocycles. The van der Waals surface area contributed by atoms with Crippen molar-refractivity contribution in [2.24, 2.45) is 5.41 Å². The van der Waals surface area contributed by atoms with Gasteiger partial charge in [0.2, 0.25) is 5.88 Å². The monoisotopic (exact) mass is 223 g/mol. The Morgan fingerprint density at radius 2 is 2.00 bits per heavy atom. The van der Waals surface area contributed by atoms with Crippen LogP contribution >= 0.6 is 0 Å². The maximum Gasteiger partial charge on any atom is 0.508 e. The summed E-state index contributed by atoms with van der Waals surface area (Å²) in [6.07, 6.45) is 0.917. The van der Waals surface area contributed by atoms with E-state index in [4.69, 9.17) is 14.8 Å². The predicted octanol–water partition coefficient (Wildman–Crippen LogP) is 0.576. The molecule has 0 saturated carbocycles. The zero-order valence-electron chi connectivity index (χ0n) is 9.97. The summed E-state index contributed by atoms with van der Waals surface area (Å²) < 4.78 is 5.44. The Kier molecular flexibility index (Phi) is 4.32. The molecule has 0 aliphatic heterocycles. The van der Waals surface area contributed by atoms with Crippen LogP contribution in [0.3, 0.4) is 0 Å². The first kappa shape index (κ1) is 13.0. The van der Waals surface area contributed by atoms with Gasteiger partial charge in [-0.15, -0.1) is 0 Å². The topological polar surface area (TPSA) is 62.6 Å². The van der Waals surface area contributed by atoms with Crippen molar-refractivity contribution in [1.29, 1.82) is 0 Å². The minimum Gasteiger partial charge on any atom is -0.478 e. The number of aromatic nitrogens is 1. The fourth-order valence-electron chi connectivity index (χ4n) is 1.12. The summed E-state index contributed by atoms with van der Waals surface area (Å²) in [5.74, 6) is 0.426. The zero-order chi connectivity index (χ0) is 12.2. The Morgan fingerprint density at radius 1 is 1.31 bits per heavy atom. The van der Waals surface area contributed by atoms with Crippen molar-refractivity contribution < 1.29 is 14.8 Å². The molecular weight excluding hydrogens is 205 g/mol. The Morgan fingerprint density at radius 3 is 2.56 bits per heavy atom. The molecule has 0 unspecified atom stereocenters. The van der Waals surface area contributed by atoms with Gasteiger partial charge in [-0.1, -0.05) is 26.8 Å². The van der Waals surface area contributed by atoms with Gasteiger partial charge in [-0.2, -0.15) is 0 Å². The summed E-state index contributed by atoms with van der Waals surface area (Å²) in [6.45, 7) is 6.98. The second-order valence-corrected chi connectivity index (χ2v) is 4.93. The van der Waals surface area contributed by atoms with Crippen LogP contribution in [0.5, 0.6) is 5.88 Å². The van der Waals surface area contributed by atoms with Gasteiger partial charge in [0.05, 0.1) is 12.2 Å². The van der Waals surface area contributed by atoms with Gasteiger partial charge in [-0.05, 0) is 17.9 Å². The average Bonchev–Trinajstić information content (AvgIpc) is 2.16. The molecule has 0 amide bonds. The molecule has 1 rings (SSSR count). The standard InChI is InChI=1S/C11H18BNO3/c1-11(2,3)7-8-16-10-6-4-5-9(13-10)12(14)15/h4-6,14-15H,7-8H2,1-3H3. The first-order valence-electron chi connectivity index (χ1n) is 5.34. The average molecular weight is 223 g/mol. The van der Waals surface area contributed by atoms with E-state index >= 15 is 0 Å². The summed E-state index contributed by atoms with van der Waals surface area (Å²) in [5, 5.41) is 17.9. The Balaban J connectivity index is 2.51. The lowest BCUT2D eigenvalue weighted by molar-refractivity contribution is 0.236. The van der Waals surface area contributed by atoms with E-state index in [0.717, 1.165) is 6.42 Å². The van der Waals surface area contributed by atoms with Gasteiger partial charge in [0.1, 0.15) is 0 Å². The molecule has 16 heavy (non-hydrogen) atoms. The summed E-state index contributed by atoms with van der Waals surface area (Å²) in [6, 6.07) is 4.93. The Bertz CT molecular complexity index is 336. The van der Waals surface area contributed by atoms with Gasteiger partial charge >= 0.3 is 7.12 Å². The number of hydrogen-bond donors (Lipinski definition) is 2. The highest BCUT2D eigenvalue weighted by Gasteiger charge is 2.14. The second-order valence-electron chi connectivity index (χ2n) is 4.93. The van der Waals surface area contributed by atoms with Crippen LogP contribution in [0.2, 0.25) is 0 Å². The normalized spacial score (nSPS) is 11.3. The third-order valence-corrected chi connectivity index (χ3v) is 2.11. The van der Waals surface area contributed by atoms with Gasteiger partial charge < -0.3 is 14.8 Å².